The molecule has 0 unspecified atom stereocenters. The quantitative estimate of drug-likeness (QED) is 0.253. The summed E-state index contributed by atoms with van der Waals surface area (Å²) in [6, 6.07) is 17.5. The summed E-state index contributed by atoms with van der Waals surface area (Å²) in [6.07, 6.45) is 1.61. The molecule has 162 valence electrons. The first-order valence-corrected chi connectivity index (χ1v) is 10.0. The van der Waals surface area contributed by atoms with Crippen LogP contribution in [0, 0.1) is 10.1 Å². The molecule has 0 radical (unpaired) electrons. The summed E-state index contributed by atoms with van der Waals surface area (Å²) < 4.78 is 11.3. The molecule has 3 heterocycles. The molecule has 1 amide bonds. The number of fused-ring (bicyclic) bond motifs is 1. The minimum Gasteiger partial charge on any atom is -0.451 e. The number of nitrogens with one attached hydrogen (secondary N) is 1. The monoisotopic (exact) mass is 460 g/mol. The fourth-order valence-electron chi connectivity index (χ4n) is 3.28. The maximum atomic E-state index is 12.8. The van der Waals surface area contributed by atoms with E-state index in [2.05, 4.69) is 15.3 Å². The van der Waals surface area contributed by atoms with Crippen LogP contribution in [0.4, 0.5) is 11.4 Å². The number of hydrogen-bond acceptors (Lipinski definition) is 7. The standard InChI is InChI=1S/C23H13ClN4O5/c24-15-8-7-13(23-27-21-19(33-23)6-3-11-25-21)12-16(15)26-22(29)20-10-9-18(32-20)14-4-1-2-5-17(14)28(30)31/h1-12H,(H,26,29). The maximum Gasteiger partial charge on any atom is 0.291 e. The molecule has 3 aromatic heterocycles. The minimum absolute atomic E-state index is 0.0318. The highest BCUT2D eigenvalue weighted by Gasteiger charge is 2.20. The van der Waals surface area contributed by atoms with E-state index in [4.69, 9.17) is 20.4 Å². The molecule has 0 atom stereocenters. The number of para-hydroxylation sites is 1. The van der Waals surface area contributed by atoms with Crippen molar-refractivity contribution in [2.75, 3.05) is 5.32 Å². The molecule has 9 nitrogen and oxygen atoms in total. The van der Waals surface area contributed by atoms with Crippen LogP contribution in [0.1, 0.15) is 10.6 Å². The van der Waals surface area contributed by atoms with Gasteiger partial charge in [0, 0.05) is 17.8 Å². The lowest BCUT2D eigenvalue weighted by Crippen LogP contribution is -2.11. The summed E-state index contributed by atoms with van der Waals surface area (Å²) >= 11 is 6.27. The molecule has 0 saturated heterocycles. The van der Waals surface area contributed by atoms with E-state index in [1.807, 2.05) is 0 Å². The largest absolute Gasteiger partial charge is 0.451 e. The van der Waals surface area contributed by atoms with Gasteiger partial charge in [0.2, 0.25) is 5.89 Å². The topological polar surface area (TPSA) is 124 Å². The van der Waals surface area contributed by atoms with Gasteiger partial charge in [0.1, 0.15) is 5.76 Å². The summed E-state index contributed by atoms with van der Waals surface area (Å²) in [4.78, 5) is 32.0. The minimum atomic E-state index is -0.571. The molecule has 0 spiro atoms. The number of pyridine rings is 1. The van der Waals surface area contributed by atoms with Crippen LogP contribution in [0.5, 0.6) is 0 Å². The molecule has 2 aromatic carbocycles. The Labute approximate surface area is 190 Å². The van der Waals surface area contributed by atoms with Gasteiger partial charge in [-0.25, -0.2) is 4.98 Å². The van der Waals surface area contributed by atoms with Gasteiger partial charge in [-0.1, -0.05) is 23.7 Å². The van der Waals surface area contributed by atoms with Gasteiger partial charge < -0.3 is 14.2 Å². The second-order valence-electron chi connectivity index (χ2n) is 6.93. The molecular weight excluding hydrogens is 448 g/mol. The van der Waals surface area contributed by atoms with E-state index in [1.165, 1.54) is 18.2 Å². The Kier molecular flexibility index (Phi) is 5.08. The number of anilines is 1. The van der Waals surface area contributed by atoms with Crippen LogP contribution >= 0.6 is 11.6 Å². The third-order valence-electron chi connectivity index (χ3n) is 4.82. The molecule has 0 saturated carbocycles. The van der Waals surface area contributed by atoms with Crippen LogP contribution in [0.2, 0.25) is 5.02 Å². The summed E-state index contributed by atoms with van der Waals surface area (Å²) in [7, 11) is 0. The third kappa shape index (κ3) is 3.92. The number of nitrogens with zero attached hydrogens (tertiary/aromatic N) is 3. The molecular formula is C23H13ClN4O5. The van der Waals surface area contributed by atoms with E-state index in [0.717, 1.165) is 0 Å². The Bertz CT molecular complexity index is 1490. The summed E-state index contributed by atoms with van der Waals surface area (Å²) in [5.74, 6) is -0.0763. The van der Waals surface area contributed by atoms with Crippen molar-refractivity contribution in [3.8, 4) is 22.8 Å². The van der Waals surface area contributed by atoms with Crippen molar-refractivity contribution in [3.05, 3.63) is 93.8 Å². The number of rotatable bonds is 5. The second kappa shape index (κ2) is 8.21. The SMILES string of the molecule is O=C(Nc1cc(-c2nc3ncccc3o2)ccc1Cl)c1ccc(-c2ccccc2[N+](=O)[O-])o1. The molecule has 33 heavy (non-hydrogen) atoms. The zero-order valence-electron chi connectivity index (χ0n) is 16.7. The molecule has 0 fully saturated rings. The maximum absolute atomic E-state index is 12.8. The van der Waals surface area contributed by atoms with Gasteiger partial charge in [0.05, 0.1) is 21.2 Å². The number of oxazole rings is 1. The van der Waals surface area contributed by atoms with E-state index >= 15 is 0 Å². The number of benzene rings is 2. The first-order chi connectivity index (χ1) is 16.0. The lowest BCUT2D eigenvalue weighted by molar-refractivity contribution is -0.384. The summed E-state index contributed by atoms with van der Waals surface area (Å²) in [5, 5.41) is 14.3. The Morgan fingerprint density at radius 2 is 1.88 bits per heavy atom. The van der Waals surface area contributed by atoms with Crippen LogP contribution in [-0.2, 0) is 0 Å². The van der Waals surface area contributed by atoms with Crippen LogP contribution in [0.15, 0.2) is 81.8 Å². The number of carbonyl (C=O) groups is 1. The van der Waals surface area contributed by atoms with Crippen molar-refractivity contribution >= 4 is 40.1 Å². The van der Waals surface area contributed by atoms with E-state index in [1.54, 1.807) is 54.7 Å². The predicted molar refractivity (Wildman–Crippen MR) is 121 cm³/mol. The smallest absolute Gasteiger partial charge is 0.291 e. The fraction of sp³-hybridized carbons (Fsp3) is 0. The molecule has 0 bridgehead atoms. The number of furan rings is 1. The van der Waals surface area contributed by atoms with E-state index in [9.17, 15) is 14.9 Å². The molecule has 5 aromatic rings. The molecule has 0 aliphatic rings. The van der Waals surface area contributed by atoms with Gasteiger partial charge in [-0.15, -0.1) is 0 Å². The Morgan fingerprint density at radius 1 is 1.03 bits per heavy atom. The van der Waals surface area contributed by atoms with Gasteiger partial charge >= 0.3 is 0 Å². The highest BCUT2D eigenvalue weighted by atomic mass is 35.5. The Morgan fingerprint density at radius 3 is 2.70 bits per heavy atom. The summed E-state index contributed by atoms with van der Waals surface area (Å²) in [5.41, 5.74) is 2.05. The van der Waals surface area contributed by atoms with Crippen LogP contribution < -0.4 is 5.32 Å². The average molecular weight is 461 g/mol. The van der Waals surface area contributed by atoms with Crippen molar-refractivity contribution in [2.24, 2.45) is 0 Å². The van der Waals surface area contributed by atoms with Gasteiger partial charge in [-0.05, 0) is 48.5 Å². The number of nitro benzene ring substituents is 1. The Balaban J connectivity index is 1.42. The summed E-state index contributed by atoms with van der Waals surface area (Å²) in [6.45, 7) is 0. The number of nitro groups is 1. The molecule has 0 aliphatic heterocycles. The molecule has 10 heteroatoms. The van der Waals surface area contributed by atoms with Crippen molar-refractivity contribution < 1.29 is 18.6 Å². The van der Waals surface area contributed by atoms with Crippen LogP contribution in [0.3, 0.4) is 0 Å². The number of hydrogen-bond donors (Lipinski definition) is 1. The van der Waals surface area contributed by atoms with E-state index < -0.39 is 10.8 Å². The first kappa shape index (κ1) is 20.4. The lowest BCUT2D eigenvalue weighted by Gasteiger charge is -2.07. The highest BCUT2D eigenvalue weighted by Crippen LogP contribution is 2.33. The highest BCUT2D eigenvalue weighted by molar-refractivity contribution is 6.34. The number of carbonyl (C=O) groups excluding carboxylic acids is 1. The number of amides is 1. The van der Waals surface area contributed by atoms with Crippen LogP contribution in [-0.4, -0.2) is 20.8 Å². The third-order valence-corrected chi connectivity index (χ3v) is 5.15. The zero-order chi connectivity index (χ0) is 22.9. The van der Waals surface area contributed by atoms with Crippen molar-refractivity contribution in [1.29, 1.82) is 0 Å². The van der Waals surface area contributed by atoms with Crippen molar-refractivity contribution in [1.82, 2.24) is 9.97 Å². The van der Waals surface area contributed by atoms with Gasteiger partial charge in [-0.2, -0.15) is 4.98 Å². The van der Waals surface area contributed by atoms with Gasteiger partial charge in [0.25, 0.3) is 11.6 Å². The normalized spacial score (nSPS) is 10.9. The second-order valence-corrected chi connectivity index (χ2v) is 7.34. The average Bonchev–Trinajstić information content (AvgIpc) is 3.48. The predicted octanol–water partition coefficient (Wildman–Crippen LogP) is 5.96. The first-order valence-electron chi connectivity index (χ1n) is 9.66. The fourth-order valence-corrected chi connectivity index (χ4v) is 3.44. The van der Waals surface area contributed by atoms with Crippen molar-refractivity contribution in [3.63, 3.8) is 0 Å². The van der Waals surface area contributed by atoms with E-state index in [-0.39, 0.29) is 22.8 Å². The molecule has 0 aliphatic carbocycles. The lowest BCUT2D eigenvalue weighted by atomic mass is 10.1. The van der Waals surface area contributed by atoms with Gasteiger partial charge in [0.15, 0.2) is 17.0 Å². The molecule has 1 N–H and O–H groups in total. The number of aromatic nitrogens is 2. The Hall–Kier alpha value is -4.50. The molecule has 5 rings (SSSR count). The van der Waals surface area contributed by atoms with E-state index in [0.29, 0.717) is 33.4 Å². The number of halogens is 1. The van der Waals surface area contributed by atoms with Gasteiger partial charge in [-0.3, -0.25) is 14.9 Å². The van der Waals surface area contributed by atoms with Crippen LogP contribution in [0.25, 0.3) is 34.0 Å². The van der Waals surface area contributed by atoms with Crippen molar-refractivity contribution in [2.45, 2.75) is 0 Å². The zero-order valence-corrected chi connectivity index (χ0v) is 17.4.